The number of carbonyl (C=O) groups is 3. The third kappa shape index (κ3) is 4.97. The molecule has 1 unspecified atom stereocenters. The van der Waals surface area contributed by atoms with Gasteiger partial charge in [-0.05, 0) is 23.8 Å². The second-order valence-corrected chi connectivity index (χ2v) is 5.73. The molecule has 7 nitrogen and oxygen atoms in total. The van der Waals surface area contributed by atoms with Crippen molar-refractivity contribution in [2.24, 2.45) is 0 Å². The minimum absolute atomic E-state index is 0.00650. The third-order valence-electron chi connectivity index (χ3n) is 3.61. The molecule has 26 heavy (non-hydrogen) atoms. The van der Waals surface area contributed by atoms with Gasteiger partial charge in [-0.2, -0.15) is 0 Å². The summed E-state index contributed by atoms with van der Waals surface area (Å²) in [5.41, 5.74) is 0.979. The maximum atomic E-state index is 12.1. The fraction of sp³-hybridized carbons (Fsp3) is 0.167. The Bertz CT molecular complexity index is 810. The quantitative estimate of drug-likeness (QED) is 0.672. The number of carboxylic acid groups (broad SMARTS) is 1. The van der Waals surface area contributed by atoms with Crippen molar-refractivity contribution in [2.45, 2.75) is 5.92 Å². The summed E-state index contributed by atoms with van der Waals surface area (Å²) < 4.78 is 4.78. The van der Waals surface area contributed by atoms with E-state index in [1.165, 1.54) is 25.3 Å². The molecule has 2 rings (SSSR count). The molecule has 2 amide bonds. The molecule has 0 aliphatic heterocycles. The van der Waals surface area contributed by atoms with E-state index in [1.807, 2.05) is 6.07 Å². The summed E-state index contributed by atoms with van der Waals surface area (Å²) in [5.74, 6) is -2.27. The summed E-state index contributed by atoms with van der Waals surface area (Å²) in [5, 5.41) is 14.1. The zero-order valence-electron chi connectivity index (χ0n) is 13.9. The van der Waals surface area contributed by atoms with Gasteiger partial charge in [0, 0.05) is 12.2 Å². The van der Waals surface area contributed by atoms with Gasteiger partial charge in [-0.15, -0.1) is 0 Å². The van der Waals surface area contributed by atoms with Gasteiger partial charge in [-0.1, -0.05) is 41.9 Å². The molecule has 0 bridgehead atoms. The summed E-state index contributed by atoms with van der Waals surface area (Å²) in [7, 11) is 1.28. The van der Waals surface area contributed by atoms with Gasteiger partial charge in [-0.3, -0.25) is 4.79 Å². The number of esters is 1. The van der Waals surface area contributed by atoms with Crippen molar-refractivity contribution in [3.05, 3.63) is 64.7 Å². The molecule has 1 atom stereocenters. The van der Waals surface area contributed by atoms with E-state index < -0.39 is 23.9 Å². The third-order valence-corrected chi connectivity index (χ3v) is 3.92. The predicted molar refractivity (Wildman–Crippen MR) is 96.6 cm³/mol. The molecule has 0 radical (unpaired) electrons. The molecule has 0 saturated heterocycles. The monoisotopic (exact) mass is 376 g/mol. The Balaban J connectivity index is 2.01. The summed E-state index contributed by atoms with van der Waals surface area (Å²) in [6.45, 7) is 0.0312. The second kappa shape index (κ2) is 8.87. The van der Waals surface area contributed by atoms with E-state index in [4.69, 9.17) is 21.4 Å². The smallest absolute Gasteiger partial charge is 0.337 e. The molecule has 0 aliphatic rings. The van der Waals surface area contributed by atoms with Crippen molar-refractivity contribution in [3.8, 4) is 0 Å². The lowest BCUT2D eigenvalue weighted by Gasteiger charge is -2.16. The first-order valence-electron chi connectivity index (χ1n) is 7.63. The summed E-state index contributed by atoms with van der Waals surface area (Å²) >= 11 is 5.86. The summed E-state index contributed by atoms with van der Waals surface area (Å²) in [6.07, 6.45) is 0. The molecule has 0 aromatic heterocycles. The van der Waals surface area contributed by atoms with Gasteiger partial charge in [0.1, 0.15) is 0 Å². The van der Waals surface area contributed by atoms with Crippen LogP contribution in [0.3, 0.4) is 0 Å². The van der Waals surface area contributed by atoms with E-state index in [0.29, 0.717) is 11.3 Å². The number of rotatable bonds is 6. The Morgan fingerprint density at radius 3 is 2.42 bits per heavy atom. The zero-order chi connectivity index (χ0) is 19.1. The fourth-order valence-corrected chi connectivity index (χ4v) is 2.56. The highest BCUT2D eigenvalue weighted by Crippen LogP contribution is 2.21. The summed E-state index contributed by atoms with van der Waals surface area (Å²) in [4.78, 5) is 34.9. The molecule has 2 aromatic carbocycles. The molecule has 0 fully saturated rings. The first-order chi connectivity index (χ1) is 12.4. The number of ether oxygens (including phenoxy) is 1. The summed E-state index contributed by atoms with van der Waals surface area (Å²) in [6, 6.07) is 12.4. The number of aromatic carboxylic acids is 1. The van der Waals surface area contributed by atoms with Crippen LogP contribution in [0.2, 0.25) is 5.02 Å². The number of methoxy groups -OCH3 is 1. The van der Waals surface area contributed by atoms with E-state index in [2.05, 4.69) is 10.6 Å². The number of amides is 2. The average molecular weight is 377 g/mol. The molecular weight excluding hydrogens is 360 g/mol. The Kier molecular flexibility index (Phi) is 6.57. The molecular formula is C18H17ClN2O5. The van der Waals surface area contributed by atoms with E-state index in [0.717, 1.165) is 0 Å². The molecule has 136 valence electrons. The Labute approximate surface area is 154 Å². The molecule has 3 N–H and O–H groups in total. The number of benzene rings is 2. The largest absolute Gasteiger partial charge is 0.478 e. The Morgan fingerprint density at radius 1 is 1.15 bits per heavy atom. The van der Waals surface area contributed by atoms with Crippen LogP contribution in [0.25, 0.3) is 0 Å². The highest BCUT2D eigenvalue weighted by Gasteiger charge is 2.22. The number of hydrogen-bond donors (Lipinski definition) is 3. The lowest BCUT2D eigenvalue weighted by Crippen LogP contribution is -2.35. The van der Waals surface area contributed by atoms with E-state index in [9.17, 15) is 14.4 Å². The number of nitrogens with one attached hydrogen (secondary N) is 2. The van der Waals surface area contributed by atoms with Crippen molar-refractivity contribution in [3.63, 3.8) is 0 Å². The minimum atomic E-state index is -1.16. The van der Waals surface area contributed by atoms with Gasteiger partial charge in [-0.25, -0.2) is 9.59 Å². The number of carbonyl (C=O) groups excluding carboxylic acids is 2. The van der Waals surface area contributed by atoms with Crippen LogP contribution >= 0.6 is 11.6 Å². The van der Waals surface area contributed by atoms with Crippen molar-refractivity contribution in [1.82, 2.24) is 5.32 Å². The lowest BCUT2D eigenvalue weighted by atomic mass is 9.99. The topological polar surface area (TPSA) is 105 Å². The fourth-order valence-electron chi connectivity index (χ4n) is 2.30. The van der Waals surface area contributed by atoms with Gasteiger partial charge in [0.2, 0.25) is 0 Å². The van der Waals surface area contributed by atoms with Crippen LogP contribution in [0.5, 0.6) is 0 Å². The minimum Gasteiger partial charge on any atom is -0.478 e. The van der Waals surface area contributed by atoms with Gasteiger partial charge < -0.3 is 20.5 Å². The van der Waals surface area contributed by atoms with Gasteiger partial charge in [0.05, 0.1) is 23.6 Å². The number of hydrogen-bond acceptors (Lipinski definition) is 4. The highest BCUT2D eigenvalue weighted by atomic mass is 35.5. The van der Waals surface area contributed by atoms with Gasteiger partial charge >= 0.3 is 18.0 Å². The van der Waals surface area contributed by atoms with Gasteiger partial charge in [0.15, 0.2) is 0 Å². The number of anilines is 1. The Hall–Kier alpha value is -3.06. The van der Waals surface area contributed by atoms with Crippen LogP contribution in [0.1, 0.15) is 21.8 Å². The molecule has 8 heteroatoms. The van der Waals surface area contributed by atoms with Crippen LogP contribution < -0.4 is 10.6 Å². The maximum Gasteiger partial charge on any atom is 0.337 e. The number of carboxylic acids is 1. The predicted octanol–water partition coefficient (Wildman–Crippen LogP) is 3.12. The van der Waals surface area contributed by atoms with E-state index >= 15 is 0 Å². The SMILES string of the molecule is COC(=O)C(CNC(=O)Nc1ccc(C(=O)O)c(Cl)c1)c1ccccc1. The van der Waals surface area contributed by atoms with Crippen molar-refractivity contribution >= 4 is 35.3 Å². The molecule has 0 heterocycles. The number of halogens is 1. The molecule has 0 saturated carbocycles. The maximum absolute atomic E-state index is 12.1. The second-order valence-electron chi connectivity index (χ2n) is 5.32. The lowest BCUT2D eigenvalue weighted by molar-refractivity contribution is -0.142. The molecule has 0 spiro atoms. The van der Waals surface area contributed by atoms with Gasteiger partial charge in [0.25, 0.3) is 0 Å². The van der Waals surface area contributed by atoms with Crippen molar-refractivity contribution in [2.75, 3.05) is 19.0 Å². The average Bonchev–Trinajstić information content (AvgIpc) is 2.62. The highest BCUT2D eigenvalue weighted by molar-refractivity contribution is 6.33. The van der Waals surface area contributed by atoms with E-state index in [-0.39, 0.29) is 17.1 Å². The first-order valence-corrected chi connectivity index (χ1v) is 8.00. The standard InChI is InChI=1S/C18H17ClN2O5/c1-26-17(24)14(11-5-3-2-4-6-11)10-20-18(25)21-12-7-8-13(16(22)23)15(19)9-12/h2-9,14H,10H2,1H3,(H,22,23)(H2,20,21,25). The Morgan fingerprint density at radius 2 is 1.85 bits per heavy atom. The molecule has 2 aromatic rings. The van der Waals surface area contributed by atoms with E-state index in [1.54, 1.807) is 24.3 Å². The van der Waals surface area contributed by atoms with Crippen molar-refractivity contribution < 1.29 is 24.2 Å². The number of urea groups is 1. The van der Waals surface area contributed by atoms with Crippen LogP contribution in [0, 0.1) is 0 Å². The van der Waals surface area contributed by atoms with Crippen LogP contribution in [-0.2, 0) is 9.53 Å². The van der Waals surface area contributed by atoms with Crippen LogP contribution in [0.15, 0.2) is 48.5 Å². The normalized spacial score (nSPS) is 11.3. The first kappa shape index (κ1) is 19.3. The van der Waals surface area contributed by atoms with Crippen LogP contribution in [-0.4, -0.2) is 36.7 Å². The van der Waals surface area contributed by atoms with Crippen LogP contribution in [0.4, 0.5) is 10.5 Å². The molecule has 0 aliphatic carbocycles. The zero-order valence-corrected chi connectivity index (χ0v) is 14.6. The van der Waals surface area contributed by atoms with Crippen molar-refractivity contribution in [1.29, 1.82) is 0 Å².